The standard InChI is InChI=1S/C36H48N2O2/c1-23(2)12-27-16-29(14-25(5)6)35(39)31(18-27)21-37-33-10-9-11-34(20-33)38-22-32-19-28(13-24(3)4)17-30(36(32)40)15-26(7)8/h9-11,16-26,39-40H,12-15H2,1-8H3. The van der Waals surface area contributed by atoms with Gasteiger partial charge in [-0.25, -0.2) is 0 Å². The van der Waals surface area contributed by atoms with Crippen LogP contribution < -0.4 is 0 Å². The molecule has 0 atom stereocenters. The molecule has 0 aliphatic carbocycles. The summed E-state index contributed by atoms with van der Waals surface area (Å²) in [6.07, 6.45) is 7.08. The highest BCUT2D eigenvalue weighted by Crippen LogP contribution is 2.30. The first-order valence-corrected chi connectivity index (χ1v) is 14.8. The van der Waals surface area contributed by atoms with Crippen molar-refractivity contribution in [1.82, 2.24) is 0 Å². The number of benzene rings is 3. The Morgan fingerprint density at radius 1 is 0.550 bits per heavy atom. The van der Waals surface area contributed by atoms with Gasteiger partial charge in [-0.2, -0.15) is 0 Å². The summed E-state index contributed by atoms with van der Waals surface area (Å²) in [5.74, 6) is 2.59. The summed E-state index contributed by atoms with van der Waals surface area (Å²) in [4.78, 5) is 9.39. The van der Waals surface area contributed by atoms with Gasteiger partial charge in [-0.1, -0.05) is 73.6 Å². The van der Waals surface area contributed by atoms with E-state index in [-0.39, 0.29) is 0 Å². The van der Waals surface area contributed by atoms with Crippen LogP contribution in [0, 0.1) is 23.7 Å². The van der Waals surface area contributed by atoms with Crippen molar-refractivity contribution in [3.05, 3.63) is 81.9 Å². The molecule has 0 amide bonds. The molecule has 0 unspecified atom stereocenters. The lowest BCUT2D eigenvalue weighted by molar-refractivity contribution is 0.460. The summed E-state index contributed by atoms with van der Waals surface area (Å²) >= 11 is 0. The zero-order valence-corrected chi connectivity index (χ0v) is 25.7. The van der Waals surface area contributed by atoms with E-state index in [1.54, 1.807) is 12.4 Å². The lowest BCUT2D eigenvalue weighted by Gasteiger charge is -2.14. The molecule has 0 saturated heterocycles. The van der Waals surface area contributed by atoms with Crippen LogP contribution in [0.1, 0.15) is 88.8 Å². The number of phenols is 2. The van der Waals surface area contributed by atoms with Crippen LogP contribution >= 0.6 is 0 Å². The Hall–Kier alpha value is -3.40. The van der Waals surface area contributed by atoms with Crippen LogP contribution in [0.4, 0.5) is 11.4 Å². The molecule has 0 aliphatic heterocycles. The number of rotatable bonds is 12. The molecule has 3 aromatic carbocycles. The topological polar surface area (TPSA) is 65.2 Å². The van der Waals surface area contributed by atoms with Gasteiger partial charge in [0, 0.05) is 23.6 Å². The van der Waals surface area contributed by atoms with Crippen molar-refractivity contribution in [2.45, 2.75) is 81.1 Å². The van der Waals surface area contributed by atoms with Gasteiger partial charge in [0.1, 0.15) is 11.5 Å². The molecule has 0 radical (unpaired) electrons. The summed E-state index contributed by atoms with van der Waals surface area (Å²) in [6.45, 7) is 17.5. The molecule has 4 nitrogen and oxygen atoms in total. The molecule has 0 fully saturated rings. The molecule has 0 aliphatic rings. The number of hydrogen-bond acceptors (Lipinski definition) is 4. The van der Waals surface area contributed by atoms with Gasteiger partial charge in [0.25, 0.3) is 0 Å². The predicted molar refractivity (Wildman–Crippen MR) is 171 cm³/mol. The fourth-order valence-electron chi connectivity index (χ4n) is 5.08. The van der Waals surface area contributed by atoms with Crippen molar-refractivity contribution in [2.75, 3.05) is 0 Å². The predicted octanol–water partition coefficient (Wildman–Crippen LogP) is 9.39. The fourth-order valence-corrected chi connectivity index (χ4v) is 5.08. The van der Waals surface area contributed by atoms with Gasteiger partial charge in [0.15, 0.2) is 0 Å². The van der Waals surface area contributed by atoms with Crippen LogP contribution in [0.25, 0.3) is 0 Å². The highest BCUT2D eigenvalue weighted by atomic mass is 16.3. The van der Waals surface area contributed by atoms with Crippen LogP contribution in [0.2, 0.25) is 0 Å². The maximum absolute atomic E-state index is 11.0. The van der Waals surface area contributed by atoms with E-state index in [4.69, 9.17) is 9.98 Å². The second-order valence-electron chi connectivity index (χ2n) is 12.8. The van der Waals surface area contributed by atoms with Crippen LogP contribution in [-0.4, -0.2) is 22.6 Å². The summed E-state index contributed by atoms with van der Waals surface area (Å²) < 4.78 is 0. The monoisotopic (exact) mass is 540 g/mol. The molecule has 0 aromatic heterocycles. The van der Waals surface area contributed by atoms with E-state index < -0.39 is 0 Å². The zero-order valence-electron chi connectivity index (χ0n) is 25.7. The number of phenolic OH excluding ortho intramolecular Hbond substituents is 2. The van der Waals surface area contributed by atoms with Gasteiger partial charge in [-0.15, -0.1) is 0 Å². The SMILES string of the molecule is CC(C)Cc1cc(C=Nc2cccc(N=Cc3cc(CC(C)C)cc(CC(C)C)c3O)c2)c(O)c(CC(C)C)c1. The van der Waals surface area contributed by atoms with E-state index in [0.29, 0.717) is 35.2 Å². The first-order valence-electron chi connectivity index (χ1n) is 14.8. The molecular formula is C36H48N2O2. The van der Waals surface area contributed by atoms with Crippen LogP contribution in [0.15, 0.2) is 58.5 Å². The second-order valence-corrected chi connectivity index (χ2v) is 12.8. The van der Waals surface area contributed by atoms with Gasteiger partial charge in [-0.3, -0.25) is 9.98 Å². The average Bonchev–Trinajstić information content (AvgIpc) is 2.85. The van der Waals surface area contributed by atoms with Crippen molar-refractivity contribution in [3.63, 3.8) is 0 Å². The minimum atomic E-state index is 0.313. The van der Waals surface area contributed by atoms with E-state index in [9.17, 15) is 10.2 Å². The smallest absolute Gasteiger partial charge is 0.127 e. The largest absolute Gasteiger partial charge is 0.507 e. The average molecular weight is 541 g/mol. The molecule has 2 N–H and O–H groups in total. The molecule has 0 spiro atoms. The lowest BCUT2D eigenvalue weighted by atomic mass is 9.94. The number of hydrogen-bond donors (Lipinski definition) is 2. The Morgan fingerprint density at radius 2 is 0.925 bits per heavy atom. The van der Waals surface area contributed by atoms with Crippen molar-refractivity contribution >= 4 is 23.8 Å². The first kappa shape index (κ1) is 31.1. The third-order valence-electron chi connectivity index (χ3n) is 6.64. The number of aliphatic imine (C=N–C) groups is 2. The molecule has 214 valence electrons. The minimum absolute atomic E-state index is 0.313. The van der Waals surface area contributed by atoms with E-state index in [1.807, 2.05) is 36.4 Å². The number of nitrogens with zero attached hydrogens (tertiary/aromatic N) is 2. The first-order chi connectivity index (χ1) is 18.9. The van der Waals surface area contributed by atoms with E-state index in [2.05, 4.69) is 67.5 Å². The van der Waals surface area contributed by atoms with Crippen LogP contribution in [0.5, 0.6) is 11.5 Å². The molecule has 0 heterocycles. The van der Waals surface area contributed by atoms with Gasteiger partial charge in [0.2, 0.25) is 0 Å². The third kappa shape index (κ3) is 9.36. The Morgan fingerprint density at radius 3 is 1.27 bits per heavy atom. The Balaban J connectivity index is 1.90. The molecule has 40 heavy (non-hydrogen) atoms. The summed E-state index contributed by atoms with van der Waals surface area (Å²) in [5, 5.41) is 22.0. The minimum Gasteiger partial charge on any atom is -0.507 e. The van der Waals surface area contributed by atoms with E-state index in [1.165, 1.54) is 11.1 Å². The van der Waals surface area contributed by atoms with Gasteiger partial charge < -0.3 is 10.2 Å². The molecule has 4 heteroatoms. The Bertz CT molecular complexity index is 1230. The van der Waals surface area contributed by atoms with Crippen LogP contribution in [0.3, 0.4) is 0 Å². The summed E-state index contributed by atoms with van der Waals surface area (Å²) in [6, 6.07) is 16.1. The maximum Gasteiger partial charge on any atom is 0.127 e. The third-order valence-corrected chi connectivity index (χ3v) is 6.64. The second kappa shape index (κ2) is 14.3. The fraction of sp³-hybridized carbons (Fsp3) is 0.444. The maximum atomic E-state index is 11.0. The van der Waals surface area contributed by atoms with Gasteiger partial charge in [-0.05, 0) is 102 Å². The van der Waals surface area contributed by atoms with Crippen molar-refractivity contribution in [1.29, 1.82) is 0 Å². The van der Waals surface area contributed by atoms with Gasteiger partial charge in [0.05, 0.1) is 11.4 Å². The van der Waals surface area contributed by atoms with Crippen LogP contribution in [-0.2, 0) is 25.7 Å². The van der Waals surface area contributed by atoms with Gasteiger partial charge >= 0.3 is 0 Å². The van der Waals surface area contributed by atoms with Crippen molar-refractivity contribution < 1.29 is 10.2 Å². The summed E-state index contributed by atoms with van der Waals surface area (Å²) in [5.41, 5.74) is 7.39. The highest BCUT2D eigenvalue weighted by Gasteiger charge is 2.13. The Kier molecular flexibility index (Phi) is 11.1. The molecule has 3 rings (SSSR count). The normalized spacial score (nSPS) is 12.3. The van der Waals surface area contributed by atoms with Crippen molar-refractivity contribution in [3.8, 4) is 11.5 Å². The number of aromatic hydroxyl groups is 2. The zero-order chi connectivity index (χ0) is 29.4. The molecule has 3 aromatic rings. The van der Waals surface area contributed by atoms with E-state index in [0.717, 1.165) is 59.3 Å². The van der Waals surface area contributed by atoms with E-state index >= 15 is 0 Å². The quantitative estimate of drug-likeness (QED) is 0.225. The molecule has 0 saturated carbocycles. The highest BCUT2D eigenvalue weighted by molar-refractivity contribution is 5.88. The molecule has 0 bridgehead atoms. The van der Waals surface area contributed by atoms with Crippen molar-refractivity contribution in [2.24, 2.45) is 33.7 Å². The molecular weight excluding hydrogens is 492 g/mol. The lowest BCUT2D eigenvalue weighted by Crippen LogP contribution is -2.01. The Labute approximate surface area is 241 Å². The summed E-state index contributed by atoms with van der Waals surface area (Å²) in [7, 11) is 0.